The van der Waals surface area contributed by atoms with Crippen molar-refractivity contribution >= 4 is 21.6 Å². The molecule has 0 aromatic carbocycles. The highest BCUT2D eigenvalue weighted by Crippen LogP contribution is 2.01. The number of nitrogens with zero attached hydrogens (tertiary/aromatic N) is 1. The van der Waals surface area contributed by atoms with E-state index >= 15 is 0 Å². The Morgan fingerprint density at radius 2 is 2.00 bits per heavy atom. The predicted octanol–water partition coefficient (Wildman–Crippen LogP) is 0.359. The van der Waals surface area contributed by atoms with Crippen molar-refractivity contribution in [3.8, 4) is 0 Å². The summed E-state index contributed by atoms with van der Waals surface area (Å²) in [6, 6.07) is 0. The maximum atomic E-state index is 11.5. The van der Waals surface area contributed by atoms with Crippen molar-refractivity contribution in [1.82, 2.24) is 9.62 Å². The number of likely N-dealkylation sites (N-methyl/N-ethyl adjacent to an activating group) is 1. The van der Waals surface area contributed by atoms with E-state index in [0.29, 0.717) is 25.6 Å². The van der Waals surface area contributed by atoms with Gasteiger partial charge in [0.25, 0.3) is 0 Å². The minimum atomic E-state index is -3.22. The van der Waals surface area contributed by atoms with E-state index in [1.165, 1.54) is 0 Å². The molecule has 7 heteroatoms. The molecule has 5 nitrogen and oxygen atoms in total. The zero-order valence-corrected chi connectivity index (χ0v) is 12.4. The van der Waals surface area contributed by atoms with Crippen LogP contribution in [0.15, 0.2) is 0 Å². The minimum Gasteiger partial charge on any atom is -0.379 e. The van der Waals surface area contributed by atoms with Crippen LogP contribution in [0.25, 0.3) is 0 Å². The first-order valence-corrected chi connectivity index (χ1v) is 7.82. The van der Waals surface area contributed by atoms with Crippen LogP contribution in [0.2, 0.25) is 0 Å². The van der Waals surface area contributed by atoms with Gasteiger partial charge in [0, 0.05) is 19.0 Å². The standard InChI is InChI=1S/C10H23ClN2O3S/c1-10(8-11)9-17(14,15)12-4-6-16-7-5-13(2)3/h10,12H,4-9H2,1-3H3. The molecule has 104 valence electrons. The first-order chi connectivity index (χ1) is 7.87. The third-order valence-corrected chi connectivity index (χ3v) is 4.20. The summed E-state index contributed by atoms with van der Waals surface area (Å²) in [6.45, 7) is 3.94. The Morgan fingerprint density at radius 3 is 2.53 bits per heavy atom. The molecule has 1 N–H and O–H groups in total. The molecule has 0 saturated heterocycles. The molecular weight excluding hydrogens is 264 g/mol. The van der Waals surface area contributed by atoms with Crippen molar-refractivity contribution in [3.63, 3.8) is 0 Å². The van der Waals surface area contributed by atoms with Gasteiger partial charge in [0.1, 0.15) is 0 Å². The van der Waals surface area contributed by atoms with Gasteiger partial charge in [0.05, 0.1) is 19.0 Å². The number of ether oxygens (including phenoxy) is 1. The van der Waals surface area contributed by atoms with E-state index in [0.717, 1.165) is 6.54 Å². The van der Waals surface area contributed by atoms with Crippen molar-refractivity contribution in [3.05, 3.63) is 0 Å². The van der Waals surface area contributed by atoms with Gasteiger partial charge in [-0.2, -0.15) is 0 Å². The van der Waals surface area contributed by atoms with E-state index in [9.17, 15) is 8.42 Å². The van der Waals surface area contributed by atoms with Crippen LogP contribution in [0.5, 0.6) is 0 Å². The summed E-state index contributed by atoms with van der Waals surface area (Å²) >= 11 is 5.57. The summed E-state index contributed by atoms with van der Waals surface area (Å²) in [7, 11) is 0.695. The largest absolute Gasteiger partial charge is 0.379 e. The van der Waals surface area contributed by atoms with Gasteiger partial charge in [-0.05, 0) is 20.0 Å². The van der Waals surface area contributed by atoms with Crippen LogP contribution in [0, 0.1) is 5.92 Å². The number of halogens is 1. The van der Waals surface area contributed by atoms with E-state index in [4.69, 9.17) is 16.3 Å². The number of rotatable bonds is 10. The predicted molar refractivity (Wildman–Crippen MR) is 71.0 cm³/mol. The smallest absolute Gasteiger partial charge is 0.211 e. The van der Waals surface area contributed by atoms with Crippen molar-refractivity contribution in [1.29, 1.82) is 0 Å². The van der Waals surface area contributed by atoms with E-state index in [-0.39, 0.29) is 11.7 Å². The molecule has 0 saturated carbocycles. The molecule has 0 aliphatic heterocycles. The summed E-state index contributed by atoms with van der Waals surface area (Å²) in [5, 5.41) is 0. The lowest BCUT2D eigenvalue weighted by atomic mass is 10.3. The molecule has 1 atom stereocenters. The van der Waals surface area contributed by atoms with Gasteiger partial charge in [-0.3, -0.25) is 0 Å². The Labute approximate surface area is 110 Å². The summed E-state index contributed by atoms with van der Waals surface area (Å²) < 4.78 is 30.8. The maximum absolute atomic E-state index is 11.5. The molecule has 0 aromatic rings. The summed E-state index contributed by atoms with van der Waals surface area (Å²) in [4.78, 5) is 2.01. The van der Waals surface area contributed by atoms with Crippen molar-refractivity contribution < 1.29 is 13.2 Å². The molecule has 0 spiro atoms. The number of alkyl halides is 1. The van der Waals surface area contributed by atoms with Crippen LogP contribution < -0.4 is 4.72 Å². The lowest BCUT2D eigenvalue weighted by molar-refractivity contribution is 0.122. The van der Waals surface area contributed by atoms with Crippen LogP contribution >= 0.6 is 11.6 Å². The van der Waals surface area contributed by atoms with Crippen LogP contribution in [-0.4, -0.2) is 65.3 Å². The van der Waals surface area contributed by atoms with Gasteiger partial charge in [0.2, 0.25) is 10.0 Å². The maximum Gasteiger partial charge on any atom is 0.211 e. The quantitative estimate of drug-likeness (QED) is 0.465. The Bertz CT molecular complexity index is 283. The summed E-state index contributed by atoms with van der Waals surface area (Å²) in [6.07, 6.45) is 0. The van der Waals surface area contributed by atoms with Gasteiger partial charge in [-0.1, -0.05) is 6.92 Å². The highest BCUT2D eigenvalue weighted by Gasteiger charge is 2.14. The number of hydrogen-bond donors (Lipinski definition) is 1. The molecule has 0 fully saturated rings. The molecule has 0 rings (SSSR count). The SMILES string of the molecule is CC(CCl)CS(=O)(=O)NCCOCCN(C)C. The van der Waals surface area contributed by atoms with Crippen molar-refractivity contribution in [2.24, 2.45) is 5.92 Å². The first-order valence-electron chi connectivity index (χ1n) is 5.63. The van der Waals surface area contributed by atoms with Crippen molar-refractivity contribution in [2.75, 3.05) is 52.0 Å². The number of nitrogens with one attached hydrogen (secondary N) is 1. The molecule has 0 aromatic heterocycles. The highest BCUT2D eigenvalue weighted by atomic mass is 35.5. The summed E-state index contributed by atoms with van der Waals surface area (Å²) in [5.74, 6) is 0.373. The van der Waals surface area contributed by atoms with Crippen molar-refractivity contribution in [2.45, 2.75) is 6.92 Å². The fourth-order valence-electron chi connectivity index (χ4n) is 1.10. The second-order valence-electron chi connectivity index (χ2n) is 4.35. The lowest BCUT2D eigenvalue weighted by Crippen LogP contribution is -2.32. The zero-order chi connectivity index (χ0) is 13.3. The third kappa shape index (κ3) is 11.0. The van der Waals surface area contributed by atoms with E-state index in [1.807, 2.05) is 19.0 Å². The molecule has 0 radical (unpaired) electrons. The van der Waals surface area contributed by atoms with Gasteiger partial charge in [-0.15, -0.1) is 11.6 Å². The Kier molecular flexibility index (Phi) is 9.17. The van der Waals surface area contributed by atoms with E-state index in [2.05, 4.69) is 4.72 Å². The molecule has 17 heavy (non-hydrogen) atoms. The van der Waals surface area contributed by atoms with Crippen LogP contribution in [-0.2, 0) is 14.8 Å². The molecule has 1 unspecified atom stereocenters. The molecule has 0 amide bonds. The lowest BCUT2D eigenvalue weighted by Gasteiger charge is -2.11. The third-order valence-electron chi connectivity index (χ3n) is 2.02. The van der Waals surface area contributed by atoms with Gasteiger partial charge >= 0.3 is 0 Å². The molecule has 0 bridgehead atoms. The van der Waals surface area contributed by atoms with E-state index in [1.54, 1.807) is 6.92 Å². The Hall–Kier alpha value is 0.120. The fourth-order valence-corrected chi connectivity index (χ4v) is 2.71. The summed E-state index contributed by atoms with van der Waals surface area (Å²) in [5.41, 5.74) is 0. The molecular formula is C10H23ClN2O3S. The Balaban J connectivity index is 3.59. The second kappa shape index (κ2) is 9.10. The normalized spacial score (nSPS) is 14.2. The zero-order valence-electron chi connectivity index (χ0n) is 10.8. The highest BCUT2D eigenvalue weighted by molar-refractivity contribution is 7.89. The van der Waals surface area contributed by atoms with Crippen LogP contribution in [0.4, 0.5) is 0 Å². The van der Waals surface area contributed by atoms with E-state index < -0.39 is 10.0 Å². The number of sulfonamides is 1. The molecule has 0 heterocycles. The average Bonchev–Trinajstić information content (AvgIpc) is 2.22. The van der Waals surface area contributed by atoms with Gasteiger partial charge in [0.15, 0.2) is 0 Å². The topological polar surface area (TPSA) is 58.6 Å². The average molecular weight is 287 g/mol. The first kappa shape index (κ1) is 17.1. The van der Waals surface area contributed by atoms with Gasteiger partial charge in [-0.25, -0.2) is 13.1 Å². The van der Waals surface area contributed by atoms with Crippen LogP contribution in [0.3, 0.4) is 0 Å². The minimum absolute atomic E-state index is 0.0381. The van der Waals surface area contributed by atoms with Crippen LogP contribution in [0.1, 0.15) is 6.92 Å². The number of hydrogen-bond acceptors (Lipinski definition) is 4. The molecule has 0 aliphatic rings. The van der Waals surface area contributed by atoms with Gasteiger partial charge < -0.3 is 9.64 Å². The fraction of sp³-hybridized carbons (Fsp3) is 1.00. The second-order valence-corrected chi connectivity index (χ2v) is 6.51. The molecule has 0 aliphatic carbocycles. The Morgan fingerprint density at radius 1 is 1.35 bits per heavy atom. The monoisotopic (exact) mass is 286 g/mol.